The first-order valence-electron chi connectivity index (χ1n) is 14.1. The van der Waals surface area contributed by atoms with Crippen LogP contribution in [0.25, 0.3) is 0 Å². The van der Waals surface area contributed by atoms with Gasteiger partial charge in [0.15, 0.2) is 0 Å². The van der Waals surface area contributed by atoms with Gasteiger partial charge in [-0.3, -0.25) is 10.1 Å². The average molecular weight is 592 g/mol. The molecule has 2 aliphatic carbocycles. The molecule has 0 aromatic heterocycles. The third-order valence-electron chi connectivity index (χ3n) is 8.24. The summed E-state index contributed by atoms with van der Waals surface area (Å²) in [5.41, 5.74) is 3.45. The lowest BCUT2D eigenvalue weighted by molar-refractivity contribution is 0.0882. The smallest absolute Gasteiger partial charge is 0.411 e. The van der Waals surface area contributed by atoms with Crippen LogP contribution in [-0.4, -0.2) is 63.0 Å². The lowest BCUT2D eigenvalue weighted by atomic mass is 9.86. The summed E-state index contributed by atoms with van der Waals surface area (Å²) in [6.07, 6.45) is 12.2. The van der Waals surface area contributed by atoms with Crippen LogP contribution in [0.3, 0.4) is 0 Å². The molecule has 222 valence electrons. The fraction of sp³-hybridized carbons (Fsp3) is 0.375. The van der Waals surface area contributed by atoms with Gasteiger partial charge in [-0.25, -0.2) is 17.5 Å². The number of sulfonamides is 1. The molecule has 42 heavy (non-hydrogen) atoms. The maximum Gasteiger partial charge on any atom is 0.411 e. The predicted octanol–water partition coefficient (Wildman–Crippen LogP) is 4.94. The van der Waals surface area contributed by atoms with Crippen LogP contribution in [0.1, 0.15) is 47.2 Å². The summed E-state index contributed by atoms with van der Waals surface area (Å²) in [5, 5.41) is 2.89. The molecular weight excluding hydrogens is 554 g/mol. The van der Waals surface area contributed by atoms with E-state index in [4.69, 9.17) is 9.47 Å². The molecule has 1 saturated carbocycles. The highest BCUT2D eigenvalue weighted by Gasteiger charge is 2.34. The molecule has 1 heterocycles. The van der Waals surface area contributed by atoms with Crippen LogP contribution in [0.5, 0.6) is 5.75 Å². The Bertz CT molecular complexity index is 1570. The fourth-order valence-electron chi connectivity index (χ4n) is 5.90. The highest BCUT2D eigenvalue weighted by atomic mass is 32.2. The molecular formula is C32H37N3O6S. The summed E-state index contributed by atoms with van der Waals surface area (Å²) in [7, 11) is 0.778. The van der Waals surface area contributed by atoms with Crippen molar-refractivity contribution in [2.45, 2.75) is 56.1 Å². The van der Waals surface area contributed by atoms with Gasteiger partial charge >= 0.3 is 6.09 Å². The molecule has 0 radical (unpaired) electrons. The van der Waals surface area contributed by atoms with E-state index in [1.54, 1.807) is 43.3 Å². The van der Waals surface area contributed by atoms with Crippen LogP contribution in [0.4, 0.5) is 4.79 Å². The Balaban J connectivity index is 1.31. The Kier molecular flexibility index (Phi) is 8.45. The molecule has 2 aromatic carbocycles. The summed E-state index contributed by atoms with van der Waals surface area (Å²) in [5.74, 6) is -0.134. The molecule has 10 heteroatoms. The number of rotatable bonds is 8. The molecule has 0 bridgehead atoms. The maximum absolute atomic E-state index is 13.3. The Morgan fingerprint density at radius 1 is 1.12 bits per heavy atom. The molecule has 0 saturated heterocycles. The number of likely N-dealkylation sites (N-methyl/N-ethyl adjacent to an activating group) is 1. The van der Waals surface area contributed by atoms with E-state index in [9.17, 15) is 18.0 Å². The van der Waals surface area contributed by atoms with Crippen molar-refractivity contribution in [3.63, 3.8) is 0 Å². The first-order valence-corrected chi connectivity index (χ1v) is 15.6. The van der Waals surface area contributed by atoms with Gasteiger partial charge in [0, 0.05) is 31.3 Å². The van der Waals surface area contributed by atoms with Crippen molar-refractivity contribution in [2.24, 2.45) is 5.92 Å². The zero-order chi connectivity index (χ0) is 30.0. The number of fused-ring (bicyclic) bond motifs is 1. The highest BCUT2D eigenvalue weighted by Crippen LogP contribution is 2.37. The quantitative estimate of drug-likeness (QED) is 0.464. The van der Waals surface area contributed by atoms with Gasteiger partial charge < -0.3 is 14.4 Å². The number of hydrogen-bond acceptors (Lipinski definition) is 7. The number of amides is 2. The molecule has 0 spiro atoms. The Morgan fingerprint density at radius 2 is 1.86 bits per heavy atom. The number of carbonyl (C=O) groups excluding carboxylic acids is 2. The van der Waals surface area contributed by atoms with E-state index in [0.717, 1.165) is 41.1 Å². The minimum Gasteiger partial charge on any atom is -0.496 e. The molecule has 3 aliphatic rings. The number of aryl methyl sites for hydroxylation is 1. The van der Waals surface area contributed by atoms with Gasteiger partial charge in [0.05, 0.1) is 18.0 Å². The van der Waals surface area contributed by atoms with Gasteiger partial charge in [0.25, 0.3) is 15.9 Å². The summed E-state index contributed by atoms with van der Waals surface area (Å²) >= 11 is 0. The lowest BCUT2D eigenvalue weighted by Crippen LogP contribution is -2.33. The standard InChI is InChI=1S/C32H37N3O6S/c1-21-9-5-8-12-30(21)42(38,39)35(3)31(36)23-14-13-22(29(18-23)40-4)17-24-20-34(2)28-16-15-25(19-27(24)28)33-32(37)41-26-10-6-7-11-26/h5,8-9,12-16,18-20,26-28H,6-7,10-11,17H2,1-4H3,(H,33,37). The van der Waals surface area contributed by atoms with Crippen molar-refractivity contribution >= 4 is 22.0 Å². The third-order valence-corrected chi connectivity index (χ3v) is 10.1. The normalized spacial score (nSPS) is 20.0. The molecule has 9 nitrogen and oxygen atoms in total. The number of ether oxygens (including phenoxy) is 2. The van der Waals surface area contributed by atoms with Crippen molar-refractivity contribution in [3.05, 3.63) is 94.9 Å². The van der Waals surface area contributed by atoms with Gasteiger partial charge in [-0.1, -0.05) is 36.4 Å². The Morgan fingerprint density at radius 3 is 2.57 bits per heavy atom. The van der Waals surface area contributed by atoms with Crippen molar-refractivity contribution in [1.29, 1.82) is 0 Å². The van der Waals surface area contributed by atoms with Crippen molar-refractivity contribution in [3.8, 4) is 5.75 Å². The molecule has 2 unspecified atom stereocenters. The number of nitrogens with zero attached hydrogens (tertiary/aromatic N) is 2. The first kappa shape index (κ1) is 29.4. The second kappa shape index (κ2) is 12.1. The molecule has 2 atom stereocenters. The van der Waals surface area contributed by atoms with Crippen molar-refractivity contribution in [2.75, 3.05) is 21.2 Å². The largest absolute Gasteiger partial charge is 0.496 e. The van der Waals surface area contributed by atoms with E-state index in [-0.39, 0.29) is 28.5 Å². The molecule has 1 aliphatic heterocycles. The number of benzene rings is 2. The van der Waals surface area contributed by atoms with Crippen LogP contribution in [0, 0.1) is 12.8 Å². The lowest BCUT2D eigenvalue weighted by Gasteiger charge is -2.27. The first-order chi connectivity index (χ1) is 20.1. The second-order valence-electron chi connectivity index (χ2n) is 11.1. The van der Waals surface area contributed by atoms with E-state index in [1.807, 2.05) is 19.2 Å². The number of carbonyl (C=O) groups is 2. The zero-order valence-electron chi connectivity index (χ0n) is 24.4. The number of nitrogens with one attached hydrogen (secondary N) is 1. The van der Waals surface area contributed by atoms with Crippen LogP contribution >= 0.6 is 0 Å². The Labute approximate surface area is 247 Å². The highest BCUT2D eigenvalue weighted by molar-refractivity contribution is 7.89. The van der Waals surface area contributed by atoms with Crippen LogP contribution in [0.2, 0.25) is 0 Å². The number of allylic oxidation sites excluding steroid dienone is 1. The molecule has 2 aromatic rings. The van der Waals surface area contributed by atoms with Gasteiger partial charge in [-0.15, -0.1) is 0 Å². The SMILES string of the molecule is COc1cc(C(=O)N(C)S(=O)(=O)c2ccccc2C)ccc1CC1=CN(C)C2C=CC(NC(=O)OC3CCCC3)=CC12. The maximum atomic E-state index is 13.3. The third kappa shape index (κ3) is 5.94. The summed E-state index contributed by atoms with van der Waals surface area (Å²) in [6, 6.07) is 11.7. The summed E-state index contributed by atoms with van der Waals surface area (Å²) in [4.78, 5) is 28.0. The van der Waals surface area contributed by atoms with Gasteiger partial charge in [-0.2, -0.15) is 0 Å². The van der Waals surface area contributed by atoms with Gasteiger partial charge in [-0.05, 0) is 86.2 Å². The molecule has 2 amide bonds. The van der Waals surface area contributed by atoms with E-state index >= 15 is 0 Å². The molecule has 1 N–H and O–H groups in total. The minimum absolute atomic E-state index is 0.0105. The van der Waals surface area contributed by atoms with Crippen LogP contribution < -0.4 is 10.1 Å². The topological polar surface area (TPSA) is 105 Å². The monoisotopic (exact) mass is 591 g/mol. The fourth-order valence-corrected chi connectivity index (χ4v) is 7.24. The van der Waals surface area contributed by atoms with E-state index in [2.05, 4.69) is 22.5 Å². The van der Waals surface area contributed by atoms with Crippen molar-refractivity contribution in [1.82, 2.24) is 14.5 Å². The van der Waals surface area contributed by atoms with Crippen molar-refractivity contribution < 1.29 is 27.5 Å². The van der Waals surface area contributed by atoms with Crippen LogP contribution in [0.15, 0.2) is 83.1 Å². The minimum atomic E-state index is -4.03. The van der Waals surface area contributed by atoms with Gasteiger partial charge in [0.2, 0.25) is 0 Å². The molecule has 5 rings (SSSR count). The average Bonchev–Trinajstić information content (AvgIpc) is 3.59. The number of hydrogen-bond donors (Lipinski definition) is 1. The van der Waals surface area contributed by atoms with Gasteiger partial charge in [0.1, 0.15) is 11.9 Å². The molecule has 1 fully saturated rings. The predicted molar refractivity (Wildman–Crippen MR) is 159 cm³/mol. The van der Waals surface area contributed by atoms with E-state index in [1.165, 1.54) is 20.2 Å². The Hall–Kier alpha value is -4.05. The zero-order valence-corrected chi connectivity index (χ0v) is 25.2. The van der Waals surface area contributed by atoms with E-state index in [0.29, 0.717) is 23.4 Å². The van der Waals surface area contributed by atoms with E-state index < -0.39 is 22.0 Å². The summed E-state index contributed by atoms with van der Waals surface area (Å²) in [6.45, 7) is 1.70. The number of methoxy groups -OCH3 is 1. The second-order valence-corrected chi connectivity index (χ2v) is 13.0. The number of alkyl carbamates (subject to hydrolysis) is 1. The summed E-state index contributed by atoms with van der Waals surface area (Å²) < 4.78 is 38.3. The van der Waals surface area contributed by atoms with Crippen LogP contribution in [-0.2, 0) is 21.2 Å².